The zero-order chi connectivity index (χ0) is 13.2. The van der Waals surface area contributed by atoms with Gasteiger partial charge in [0.05, 0.1) is 18.1 Å². The number of carbonyl (C=O) groups excluding carboxylic acids is 1. The highest BCUT2D eigenvalue weighted by atomic mass is 16.3. The Hall–Kier alpha value is -2.30. The maximum absolute atomic E-state index is 12.1. The molecule has 0 aliphatic heterocycles. The summed E-state index contributed by atoms with van der Waals surface area (Å²) in [5, 5.41) is 3.31. The summed E-state index contributed by atoms with van der Waals surface area (Å²) in [7, 11) is 1.70. The standard InChI is InChI=1S/C14H15N3O2/c1-17(14(18)12-3-2-8-19-12)11-6-7-13(15-9-11)16-10-4-5-10/h2-3,6-10H,4-5H2,1H3,(H,15,16). The number of nitrogens with zero attached hydrogens (tertiary/aromatic N) is 2. The topological polar surface area (TPSA) is 58.4 Å². The lowest BCUT2D eigenvalue weighted by atomic mass is 10.3. The van der Waals surface area contributed by atoms with E-state index in [2.05, 4.69) is 10.3 Å². The fourth-order valence-electron chi connectivity index (χ4n) is 1.79. The van der Waals surface area contributed by atoms with Gasteiger partial charge in [0, 0.05) is 13.1 Å². The van der Waals surface area contributed by atoms with Crippen molar-refractivity contribution in [1.82, 2.24) is 4.98 Å². The number of aromatic nitrogens is 1. The van der Waals surface area contributed by atoms with Crippen LogP contribution in [-0.4, -0.2) is 24.0 Å². The average Bonchev–Trinajstić information content (AvgIpc) is 3.08. The first kappa shape index (κ1) is 11.8. The first-order valence-corrected chi connectivity index (χ1v) is 6.28. The summed E-state index contributed by atoms with van der Waals surface area (Å²) < 4.78 is 5.10. The summed E-state index contributed by atoms with van der Waals surface area (Å²) in [4.78, 5) is 17.9. The molecular formula is C14H15N3O2. The monoisotopic (exact) mass is 257 g/mol. The molecule has 3 rings (SSSR count). The molecule has 0 saturated heterocycles. The Kier molecular flexibility index (Phi) is 2.95. The van der Waals surface area contributed by atoms with Gasteiger partial charge in [-0.15, -0.1) is 0 Å². The Morgan fingerprint density at radius 2 is 2.26 bits per heavy atom. The summed E-state index contributed by atoms with van der Waals surface area (Å²) in [5.41, 5.74) is 0.739. The van der Waals surface area contributed by atoms with Crippen LogP contribution in [0.25, 0.3) is 0 Å². The highest BCUT2D eigenvalue weighted by molar-refractivity contribution is 6.03. The van der Waals surface area contributed by atoms with Crippen molar-refractivity contribution in [2.45, 2.75) is 18.9 Å². The Bertz CT molecular complexity index is 559. The van der Waals surface area contributed by atoms with Gasteiger partial charge >= 0.3 is 0 Å². The van der Waals surface area contributed by atoms with E-state index in [1.807, 2.05) is 12.1 Å². The van der Waals surface area contributed by atoms with Crippen LogP contribution in [0.1, 0.15) is 23.4 Å². The molecule has 19 heavy (non-hydrogen) atoms. The van der Waals surface area contributed by atoms with E-state index in [9.17, 15) is 4.79 Å². The van der Waals surface area contributed by atoms with Gasteiger partial charge in [0.15, 0.2) is 5.76 Å². The fourth-order valence-corrected chi connectivity index (χ4v) is 1.79. The molecule has 2 aromatic rings. The summed E-state index contributed by atoms with van der Waals surface area (Å²) in [6.45, 7) is 0. The third kappa shape index (κ3) is 2.59. The predicted octanol–water partition coefficient (Wildman–Crippen LogP) is 2.53. The van der Waals surface area contributed by atoms with E-state index >= 15 is 0 Å². The number of carbonyl (C=O) groups is 1. The van der Waals surface area contributed by atoms with Gasteiger partial charge in [-0.25, -0.2) is 4.98 Å². The van der Waals surface area contributed by atoms with E-state index in [1.165, 1.54) is 24.0 Å². The highest BCUT2D eigenvalue weighted by Gasteiger charge is 2.21. The van der Waals surface area contributed by atoms with Gasteiger partial charge in [-0.2, -0.15) is 0 Å². The quantitative estimate of drug-likeness (QED) is 0.914. The van der Waals surface area contributed by atoms with Crippen LogP contribution in [-0.2, 0) is 0 Å². The Morgan fingerprint density at radius 3 is 2.84 bits per heavy atom. The fraction of sp³-hybridized carbons (Fsp3) is 0.286. The number of hydrogen-bond acceptors (Lipinski definition) is 4. The highest BCUT2D eigenvalue weighted by Crippen LogP contribution is 2.24. The number of hydrogen-bond donors (Lipinski definition) is 1. The molecule has 0 atom stereocenters. The maximum Gasteiger partial charge on any atom is 0.293 e. The van der Waals surface area contributed by atoms with Gasteiger partial charge in [-0.1, -0.05) is 0 Å². The van der Waals surface area contributed by atoms with Crippen molar-refractivity contribution in [2.24, 2.45) is 0 Å². The number of nitrogens with one attached hydrogen (secondary N) is 1. The lowest BCUT2D eigenvalue weighted by Gasteiger charge is -2.15. The third-order valence-electron chi connectivity index (χ3n) is 3.10. The molecule has 2 aromatic heterocycles. The Labute approximate surface area is 111 Å². The number of amides is 1. The molecule has 1 amide bonds. The number of anilines is 2. The van der Waals surface area contributed by atoms with E-state index in [4.69, 9.17) is 4.42 Å². The van der Waals surface area contributed by atoms with Crippen molar-refractivity contribution in [3.05, 3.63) is 42.5 Å². The lowest BCUT2D eigenvalue weighted by Crippen LogP contribution is -2.25. The van der Waals surface area contributed by atoms with Crippen molar-refractivity contribution in [1.29, 1.82) is 0 Å². The number of pyridine rings is 1. The van der Waals surface area contributed by atoms with Crippen LogP contribution < -0.4 is 10.2 Å². The third-order valence-corrected chi connectivity index (χ3v) is 3.10. The van der Waals surface area contributed by atoms with E-state index in [0.29, 0.717) is 11.8 Å². The van der Waals surface area contributed by atoms with Crippen LogP contribution in [0.2, 0.25) is 0 Å². The van der Waals surface area contributed by atoms with Crippen LogP contribution in [0.15, 0.2) is 41.1 Å². The summed E-state index contributed by atoms with van der Waals surface area (Å²) in [6, 6.07) is 7.68. The summed E-state index contributed by atoms with van der Waals surface area (Å²) in [6.07, 6.45) is 5.59. The minimum atomic E-state index is -0.185. The van der Waals surface area contributed by atoms with Gasteiger partial charge in [-0.05, 0) is 37.1 Å². The molecule has 1 saturated carbocycles. The smallest absolute Gasteiger partial charge is 0.293 e. The molecule has 1 fully saturated rings. The zero-order valence-electron chi connectivity index (χ0n) is 10.7. The normalized spacial score (nSPS) is 14.2. The SMILES string of the molecule is CN(C(=O)c1ccco1)c1ccc(NC2CC2)nc1. The minimum Gasteiger partial charge on any atom is -0.459 e. The molecule has 2 heterocycles. The van der Waals surface area contributed by atoms with Crippen LogP contribution >= 0.6 is 0 Å². The van der Waals surface area contributed by atoms with Crippen molar-refractivity contribution in [3.8, 4) is 0 Å². The lowest BCUT2D eigenvalue weighted by molar-refractivity contribution is 0.0966. The van der Waals surface area contributed by atoms with Gasteiger partial charge in [-0.3, -0.25) is 4.79 Å². The minimum absolute atomic E-state index is 0.185. The molecule has 1 aliphatic carbocycles. The van der Waals surface area contributed by atoms with Crippen LogP contribution in [0, 0.1) is 0 Å². The molecule has 1 N–H and O–H groups in total. The molecule has 5 nitrogen and oxygen atoms in total. The Morgan fingerprint density at radius 1 is 1.42 bits per heavy atom. The zero-order valence-corrected chi connectivity index (χ0v) is 10.7. The van der Waals surface area contributed by atoms with E-state index < -0.39 is 0 Å². The predicted molar refractivity (Wildman–Crippen MR) is 72.3 cm³/mol. The number of rotatable bonds is 4. The number of furan rings is 1. The van der Waals surface area contributed by atoms with Crippen LogP contribution in [0.5, 0.6) is 0 Å². The van der Waals surface area contributed by atoms with Crippen molar-refractivity contribution >= 4 is 17.4 Å². The van der Waals surface area contributed by atoms with Gasteiger partial charge in [0.2, 0.25) is 0 Å². The Balaban J connectivity index is 1.72. The summed E-state index contributed by atoms with van der Waals surface area (Å²) in [5.74, 6) is 0.988. The maximum atomic E-state index is 12.1. The largest absolute Gasteiger partial charge is 0.459 e. The van der Waals surface area contributed by atoms with E-state index in [0.717, 1.165) is 11.5 Å². The molecule has 1 aliphatic rings. The van der Waals surface area contributed by atoms with Gasteiger partial charge in [0.1, 0.15) is 5.82 Å². The second-order valence-corrected chi connectivity index (χ2v) is 4.66. The molecule has 98 valence electrons. The van der Waals surface area contributed by atoms with E-state index in [1.54, 1.807) is 25.4 Å². The van der Waals surface area contributed by atoms with Crippen molar-refractivity contribution in [2.75, 3.05) is 17.3 Å². The molecule has 0 aromatic carbocycles. The molecule has 0 unspecified atom stereocenters. The average molecular weight is 257 g/mol. The van der Waals surface area contributed by atoms with Gasteiger partial charge < -0.3 is 14.6 Å². The second kappa shape index (κ2) is 4.76. The first-order valence-electron chi connectivity index (χ1n) is 6.28. The van der Waals surface area contributed by atoms with Crippen LogP contribution in [0.3, 0.4) is 0 Å². The molecular weight excluding hydrogens is 242 g/mol. The van der Waals surface area contributed by atoms with Crippen LogP contribution in [0.4, 0.5) is 11.5 Å². The molecule has 5 heteroatoms. The molecule has 0 radical (unpaired) electrons. The first-order chi connectivity index (χ1) is 9.24. The van der Waals surface area contributed by atoms with Crippen molar-refractivity contribution in [3.63, 3.8) is 0 Å². The molecule has 0 spiro atoms. The van der Waals surface area contributed by atoms with Crippen molar-refractivity contribution < 1.29 is 9.21 Å². The molecule has 0 bridgehead atoms. The second-order valence-electron chi connectivity index (χ2n) is 4.66. The van der Waals surface area contributed by atoms with E-state index in [-0.39, 0.29) is 5.91 Å². The van der Waals surface area contributed by atoms with Gasteiger partial charge in [0.25, 0.3) is 5.91 Å². The summed E-state index contributed by atoms with van der Waals surface area (Å²) >= 11 is 0.